The number of piperazine rings is 1. The molecule has 2 amide bonds. The SMILES string of the molecule is COc1ccc(CN2CC(=O)N3[C@@H](c4cccc(Cl)c4)c4[nH]c5ccccc5c4C[C@H]3C2=O)cc1. The number of fused-ring (bicyclic) bond motifs is 4. The van der Waals surface area contributed by atoms with Crippen molar-refractivity contribution in [2.75, 3.05) is 13.7 Å². The Labute approximate surface area is 208 Å². The molecule has 35 heavy (non-hydrogen) atoms. The summed E-state index contributed by atoms with van der Waals surface area (Å²) < 4.78 is 5.24. The monoisotopic (exact) mass is 485 g/mol. The number of nitrogens with one attached hydrogen (secondary N) is 1. The fourth-order valence-corrected chi connectivity index (χ4v) is 5.63. The predicted molar refractivity (Wildman–Crippen MR) is 134 cm³/mol. The average molecular weight is 486 g/mol. The Morgan fingerprint density at radius 1 is 1.03 bits per heavy atom. The van der Waals surface area contributed by atoms with E-state index in [-0.39, 0.29) is 18.4 Å². The first-order chi connectivity index (χ1) is 17.0. The molecule has 7 heteroatoms. The zero-order chi connectivity index (χ0) is 24.1. The van der Waals surface area contributed by atoms with Crippen molar-refractivity contribution in [2.45, 2.75) is 25.0 Å². The first-order valence-corrected chi connectivity index (χ1v) is 12.0. The molecule has 0 saturated carbocycles. The van der Waals surface area contributed by atoms with Crippen LogP contribution in [0.2, 0.25) is 5.02 Å². The summed E-state index contributed by atoms with van der Waals surface area (Å²) in [5.74, 6) is 0.644. The number of nitrogens with zero attached hydrogens (tertiary/aromatic N) is 2. The van der Waals surface area contributed by atoms with Crippen molar-refractivity contribution in [3.05, 3.63) is 100 Å². The van der Waals surface area contributed by atoms with Gasteiger partial charge in [-0.1, -0.05) is 54.1 Å². The molecule has 176 valence electrons. The molecule has 0 unspecified atom stereocenters. The van der Waals surface area contributed by atoms with Crippen LogP contribution in [0.3, 0.4) is 0 Å². The number of rotatable bonds is 4. The molecule has 6 rings (SSSR count). The summed E-state index contributed by atoms with van der Waals surface area (Å²) in [5.41, 5.74) is 4.88. The minimum atomic E-state index is -0.579. The number of carbonyl (C=O) groups is 2. The van der Waals surface area contributed by atoms with Gasteiger partial charge < -0.3 is 19.5 Å². The van der Waals surface area contributed by atoms with Crippen molar-refractivity contribution < 1.29 is 14.3 Å². The second-order valence-electron chi connectivity index (χ2n) is 9.08. The second kappa shape index (κ2) is 8.47. The topological polar surface area (TPSA) is 65.6 Å². The van der Waals surface area contributed by atoms with Crippen LogP contribution >= 0.6 is 11.6 Å². The zero-order valence-corrected chi connectivity index (χ0v) is 20.0. The Hall–Kier alpha value is -3.77. The molecule has 2 atom stereocenters. The number of halogens is 1. The van der Waals surface area contributed by atoms with E-state index < -0.39 is 12.1 Å². The minimum absolute atomic E-state index is 0.0357. The Morgan fingerprint density at radius 3 is 2.60 bits per heavy atom. The Kier molecular flexibility index (Phi) is 5.26. The molecule has 3 heterocycles. The van der Waals surface area contributed by atoms with Crippen molar-refractivity contribution in [3.63, 3.8) is 0 Å². The zero-order valence-electron chi connectivity index (χ0n) is 19.2. The highest BCUT2D eigenvalue weighted by Crippen LogP contribution is 2.43. The van der Waals surface area contributed by atoms with Gasteiger partial charge in [-0.05, 0) is 47.0 Å². The molecular formula is C28H24ClN3O3. The lowest BCUT2D eigenvalue weighted by molar-refractivity contribution is -0.159. The molecule has 3 aromatic carbocycles. The summed E-state index contributed by atoms with van der Waals surface area (Å²) in [6.07, 6.45) is 0.472. The van der Waals surface area contributed by atoms with Gasteiger partial charge in [0.25, 0.3) is 0 Å². The quantitative estimate of drug-likeness (QED) is 0.455. The summed E-state index contributed by atoms with van der Waals surface area (Å²) in [5, 5.41) is 1.68. The molecule has 6 nitrogen and oxygen atoms in total. The van der Waals surface area contributed by atoms with Gasteiger partial charge in [0.1, 0.15) is 18.3 Å². The molecule has 2 aliphatic heterocycles. The van der Waals surface area contributed by atoms with Gasteiger partial charge in [-0.3, -0.25) is 9.59 Å². The van der Waals surface area contributed by atoms with Gasteiger partial charge in [0, 0.05) is 34.6 Å². The molecule has 2 aliphatic rings. The molecular weight excluding hydrogens is 462 g/mol. The van der Waals surface area contributed by atoms with Crippen LogP contribution in [0.1, 0.15) is 28.4 Å². The highest BCUT2D eigenvalue weighted by molar-refractivity contribution is 6.30. The van der Waals surface area contributed by atoms with Gasteiger partial charge in [0.05, 0.1) is 13.2 Å². The minimum Gasteiger partial charge on any atom is -0.497 e. The number of H-pyrrole nitrogens is 1. The Morgan fingerprint density at radius 2 is 1.83 bits per heavy atom. The van der Waals surface area contributed by atoms with Crippen LogP contribution in [0, 0.1) is 0 Å². The van der Waals surface area contributed by atoms with Crippen LogP contribution in [0.15, 0.2) is 72.8 Å². The highest BCUT2D eigenvalue weighted by atomic mass is 35.5. The number of aromatic amines is 1. The number of hydrogen-bond acceptors (Lipinski definition) is 3. The van der Waals surface area contributed by atoms with Crippen molar-refractivity contribution in [3.8, 4) is 5.75 Å². The van der Waals surface area contributed by atoms with Gasteiger partial charge in [0.15, 0.2) is 0 Å². The van der Waals surface area contributed by atoms with Gasteiger partial charge in [-0.15, -0.1) is 0 Å². The number of carbonyl (C=O) groups excluding carboxylic acids is 2. The van der Waals surface area contributed by atoms with Crippen molar-refractivity contribution in [1.29, 1.82) is 0 Å². The van der Waals surface area contributed by atoms with E-state index in [4.69, 9.17) is 16.3 Å². The van der Waals surface area contributed by atoms with Crippen molar-refractivity contribution >= 4 is 34.3 Å². The number of para-hydroxylation sites is 1. The van der Waals surface area contributed by atoms with E-state index in [9.17, 15) is 9.59 Å². The molecule has 0 aliphatic carbocycles. The van der Waals surface area contributed by atoms with Crippen molar-refractivity contribution in [2.24, 2.45) is 0 Å². The molecule has 4 aromatic rings. The maximum atomic E-state index is 13.8. The predicted octanol–water partition coefficient (Wildman–Crippen LogP) is 4.72. The van der Waals surface area contributed by atoms with Crippen LogP contribution in [0.25, 0.3) is 10.9 Å². The standard InChI is InChI=1S/C28H24ClN3O3/c1-35-20-11-9-17(10-12-20)15-31-16-25(33)32-24(28(31)34)14-22-21-7-2-3-8-23(21)30-26(22)27(32)18-5-4-6-19(29)13-18/h2-13,24,27,30H,14-16H2,1H3/t24-,27-/m0/s1. The van der Waals surface area contributed by atoms with Crippen molar-refractivity contribution in [1.82, 2.24) is 14.8 Å². The maximum absolute atomic E-state index is 13.8. The molecule has 0 bridgehead atoms. The normalized spacial score (nSPS) is 19.6. The Balaban J connectivity index is 1.42. The number of hydrogen-bond donors (Lipinski definition) is 1. The smallest absolute Gasteiger partial charge is 0.246 e. The lowest BCUT2D eigenvalue weighted by Crippen LogP contribution is -2.62. The second-order valence-corrected chi connectivity index (χ2v) is 9.52. The molecule has 1 fully saturated rings. The van der Waals surface area contributed by atoms with E-state index in [2.05, 4.69) is 11.1 Å². The van der Waals surface area contributed by atoms with E-state index in [1.165, 1.54) is 0 Å². The number of methoxy groups -OCH3 is 1. The molecule has 1 aromatic heterocycles. The number of ether oxygens (including phenoxy) is 1. The first kappa shape index (κ1) is 21.7. The number of aromatic nitrogens is 1. The fraction of sp³-hybridized carbons (Fsp3) is 0.214. The van der Waals surface area contributed by atoms with Gasteiger partial charge in [-0.2, -0.15) is 0 Å². The maximum Gasteiger partial charge on any atom is 0.246 e. The van der Waals surface area contributed by atoms with E-state index in [1.54, 1.807) is 16.9 Å². The average Bonchev–Trinajstić information content (AvgIpc) is 3.24. The van der Waals surface area contributed by atoms with E-state index in [1.807, 2.05) is 66.7 Å². The molecule has 0 radical (unpaired) electrons. The third-order valence-electron chi connectivity index (χ3n) is 7.04. The third kappa shape index (κ3) is 3.65. The summed E-state index contributed by atoms with van der Waals surface area (Å²) in [7, 11) is 1.62. The van der Waals surface area contributed by atoms with E-state index in [0.717, 1.165) is 39.0 Å². The van der Waals surface area contributed by atoms with Crippen LogP contribution in [-0.4, -0.2) is 46.3 Å². The van der Waals surface area contributed by atoms with E-state index >= 15 is 0 Å². The number of benzene rings is 3. The number of amides is 2. The van der Waals surface area contributed by atoms with Gasteiger partial charge in [-0.25, -0.2) is 0 Å². The summed E-state index contributed by atoms with van der Waals surface area (Å²) in [4.78, 5) is 34.4. The van der Waals surface area contributed by atoms with E-state index in [0.29, 0.717) is 18.0 Å². The fourth-order valence-electron chi connectivity index (χ4n) is 5.43. The lowest BCUT2D eigenvalue weighted by Gasteiger charge is -2.47. The van der Waals surface area contributed by atoms with Crippen LogP contribution in [0.4, 0.5) is 0 Å². The third-order valence-corrected chi connectivity index (χ3v) is 7.27. The van der Waals surface area contributed by atoms with Gasteiger partial charge in [0.2, 0.25) is 11.8 Å². The summed E-state index contributed by atoms with van der Waals surface area (Å²) in [6, 6.07) is 22.2. The highest BCUT2D eigenvalue weighted by Gasteiger charge is 2.48. The lowest BCUT2D eigenvalue weighted by atomic mass is 9.86. The first-order valence-electron chi connectivity index (χ1n) is 11.6. The molecule has 1 N–H and O–H groups in total. The summed E-state index contributed by atoms with van der Waals surface area (Å²) in [6.45, 7) is 0.412. The largest absolute Gasteiger partial charge is 0.497 e. The van der Waals surface area contributed by atoms with Gasteiger partial charge >= 0.3 is 0 Å². The summed E-state index contributed by atoms with van der Waals surface area (Å²) >= 11 is 6.35. The van der Waals surface area contributed by atoms with Crippen LogP contribution < -0.4 is 4.74 Å². The molecule has 0 spiro atoms. The van der Waals surface area contributed by atoms with Crippen LogP contribution in [-0.2, 0) is 22.6 Å². The Bertz CT molecular complexity index is 1450. The molecule has 1 saturated heterocycles. The van der Waals surface area contributed by atoms with Crippen LogP contribution in [0.5, 0.6) is 5.75 Å².